The molecule has 4 aromatic rings. The molecule has 34 heavy (non-hydrogen) atoms. The van der Waals surface area contributed by atoms with E-state index in [-0.39, 0.29) is 18.1 Å². The van der Waals surface area contributed by atoms with E-state index >= 15 is 0 Å². The lowest BCUT2D eigenvalue weighted by molar-refractivity contribution is -0.130. The maximum absolute atomic E-state index is 13.7. The third-order valence-corrected chi connectivity index (χ3v) is 7.24. The first kappa shape index (κ1) is 21.1. The number of methoxy groups -OCH3 is 1. The summed E-state index contributed by atoms with van der Waals surface area (Å²) in [6.07, 6.45) is 2.13. The molecule has 6 nitrogen and oxygen atoms in total. The maximum Gasteiger partial charge on any atom is 0.262 e. The van der Waals surface area contributed by atoms with Gasteiger partial charge in [0, 0.05) is 27.6 Å². The smallest absolute Gasteiger partial charge is 0.262 e. The van der Waals surface area contributed by atoms with E-state index in [0.29, 0.717) is 13.0 Å². The monoisotopic (exact) mass is 514 g/mol. The molecule has 6 rings (SSSR count). The second kappa shape index (κ2) is 8.42. The second-order valence-corrected chi connectivity index (χ2v) is 9.56. The van der Waals surface area contributed by atoms with Gasteiger partial charge in [0.2, 0.25) is 0 Å². The minimum absolute atomic E-state index is 0.0219. The zero-order chi connectivity index (χ0) is 23.2. The summed E-state index contributed by atoms with van der Waals surface area (Å²) >= 11 is 3.52. The molecule has 7 heteroatoms. The molecule has 1 unspecified atom stereocenters. The number of aromatic nitrogens is 1. The van der Waals surface area contributed by atoms with Gasteiger partial charge in [-0.2, -0.15) is 5.10 Å². The van der Waals surface area contributed by atoms with Gasteiger partial charge in [0.25, 0.3) is 5.91 Å². The minimum Gasteiger partial charge on any atom is -0.497 e. The third-order valence-electron chi connectivity index (χ3n) is 6.71. The molecule has 2 atom stereocenters. The van der Waals surface area contributed by atoms with Gasteiger partial charge < -0.3 is 9.72 Å². The number of hydrogen-bond acceptors (Lipinski definition) is 4. The van der Waals surface area contributed by atoms with Crippen molar-refractivity contribution in [3.8, 4) is 5.75 Å². The lowest BCUT2D eigenvalue weighted by Gasteiger charge is -2.32. The van der Waals surface area contributed by atoms with Crippen LogP contribution in [0.1, 0.15) is 28.6 Å². The number of hydrazone groups is 1. The third kappa shape index (κ3) is 3.52. The number of hydrogen-bond donors (Lipinski definition) is 1. The largest absolute Gasteiger partial charge is 0.497 e. The van der Waals surface area contributed by atoms with Crippen LogP contribution in [-0.2, 0) is 17.8 Å². The summed E-state index contributed by atoms with van der Waals surface area (Å²) in [6, 6.07) is 23.8. The molecule has 0 spiro atoms. The average Bonchev–Trinajstić information content (AvgIpc) is 3.36. The van der Waals surface area contributed by atoms with Gasteiger partial charge in [0.1, 0.15) is 11.9 Å². The van der Waals surface area contributed by atoms with Gasteiger partial charge in [-0.25, -0.2) is 5.01 Å². The number of rotatable bonds is 4. The normalized spacial score (nSPS) is 20.2. The van der Waals surface area contributed by atoms with Crippen molar-refractivity contribution in [1.29, 1.82) is 0 Å². The summed E-state index contributed by atoms with van der Waals surface area (Å²) in [5.41, 5.74) is 5.47. The molecule has 1 N–H and O–H groups in total. The number of fused-ring (bicyclic) bond motifs is 4. The Kier molecular flexibility index (Phi) is 5.23. The number of aromatic amines is 1. The molecular formula is C27H23BrN4O2. The Balaban J connectivity index is 1.39. The van der Waals surface area contributed by atoms with E-state index < -0.39 is 0 Å². The van der Waals surface area contributed by atoms with Crippen LogP contribution >= 0.6 is 15.9 Å². The zero-order valence-corrected chi connectivity index (χ0v) is 20.2. The molecule has 170 valence electrons. The van der Waals surface area contributed by atoms with Gasteiger partial charge in [0.15, 0.2) is 0 Å². The van der Waals surface area contributed by atoms with Gasteiger partial charge in [-0.05, 0) is 65.6 Å². The Bertz CT molecular complexity index is 1390. The quantitative estimate of drug-likeness (QED) is 0.378. The van der Waals surface area contributed by atoms with Crippen LogP contribution in [0.3, 0.4) is 0 Å². The number of ether oxygens (including phenoxy) is 1. The second-order valence-electron chi connectivity index (χ2n) is 8.65. The van der Waals surface area contributed by atoms with Gasteiger partial charge >= 0.3 is 0 Å². The number of nitrogens with one attached hydrogen (secondary N) is 1. The average molecular weight is 515 g/mol. The highest BCUT2D eigenvalue weighted by atomic mass is 79.9. The Morgan fingerprint density at radius 1 is 1.06 bits per heavy atom. The molecule has 3 aromatic carbocycles. The highest BCUT2D eigenvalue weighted by Gasteiger charge is 2.49. The van der Waals surface area contributed by atoms with E-state index in [1.165, 1.54) is 16.6 Å². The van der Waals surface area contributed by atoms with E-state index in [0.717, 1.165) is 26.9 Å². The summed E-state index contributed by atoms with van der Waals surface area (Å²) in [6.45, 7) is 0.662. The van der Waals surface area contributed by atoms with E-state index in [1.807, 2.05) is 42.5 Å². The van der Waals surface area contributed by atoms with Crippen LogP contribution < -0.4 is 4.74 Å². The number of carbonyl (C=O) groups excluding carboxylic acids is 1. The number of amides is 1. The van der Waals surface area contributed by atoms with Crippen LogP contribution in [0.5, 0.6) is 5.75 Å². The molecular weight excluding hydrogens is 492 g/mol. The van der Waals surface area contributed by atoms with Crippen LogP contribution in [0.15, 0.2) is 82.4 Å². The predicted octanol–water partition coefficient (Wildman–Crippen LogP) is 5.24. The van der Waals surface area contributed by atoms with Crippen molar-refractivity contribution in [2.75, 3.05) is 7.11 Å². The van der Waals surface area contributed by atoms with Gasteiger partial charge in [-0.15, -0.1) is 0 Å². The highest BCUT2D eigenvalue weighted by molar-refractivity contribution is 9.10. The molecule has 1 fully saturated rings. The van der Waals surface area contributed by atoms with Crippen molar-refractivity contribution in [3.05, 3.63) is 99.7 Å². The lowest BCUT2D eigenvalue weighted by atomic mass is 9.97. The van der Waals surface area contributed by atoms with Crippen LogP contribution in [0.4, 0.5) is 0 Å². The van der Waals surface area contributed by atoms with Crippen molar-refractivity contribution in [2.45, 2.75) is 25.2 Å². The topological polar surface area (TPSA) is 60.9 Å². The van der Waals surface area contributed by atoms with Crippen LogP contribution in [0, 0.1) is 0 Å². The molecule has 0 saturated carbocycles. The summed E-state index contributed by atoms with van der Waals surface area (Å²) in [5.74, 6) is 0.807. The van der Waals surface area contributed by atoms with Gasteiger partial charge in [-0.1, -0.05) is 46.3 Å². The fourth-order valence-electron chi connectivity index (χ4n) is 5.03. The van der Waals surface area contributed by atoms with E-state index in [1.54, 1.807) is 18.3 Å². The summed E-state index contributed by atoms with van der Waals surface area (Å²) < 4.78 is 6.25. The predicted molar refractivity (Wildman–Crippen MR) is 136 cm³/mol. The number of H-pyrrole nitrogens is 1. The Morgan fingerprint density at radius 2 is 1.82 bits per heavy atom. The molecule has 1 aromatic heterocycles. The van der Waals surface area contributed by atoms with Crippen LogP contribution in [-0.4, -0.2) is 40.2 Å². The van der Waals surface area contributed by atoms with Gasteiger partial charge in [0.05, 0.1) is 19.4 Å². The number of halogens is 1. The van der Waals surface area contributed by atoms with Crippen LogP contribution in [0.2, 0.25) is 0 Å². The first-order chi connectivity index (χ1) is 16.6. The van der Waals surface area contributed by atoms with E-state index in [2.05, 4.69) is 56.1 Å². The molecule has 1 saturated heterocycles. The fourth-order valence-corrected chi connectivity index (χ4v) is 5.30. The molecule has 1 amide bonds. The van der Waals surface area contributed by atoms with Gasteiger partial charge in [-0.3, -0.25) is 9.69 Å². The summed E-state index contributed by atoms with van der Waals surface area (Å²) in [5, 5.41) is 7.54. The summed E-state index contributed by atoms with van der Waals surface area (Å²) in [7, 11) is 1.64. The lowest BCUT2D eigenvalue weighted by Crippen LogP contribution is -2.39. The first-order valence-electron chi connectivity index (χ1n) is 11.2. The van der Waals surface area contributed by atoms with E-state index in [4.69, 9.17) is 9.84 Å². The van der Waals surface area contributed by atoms with E-state index in [9.17, 15) is 4.79 Å². The molecule has 0 aliphatic carbocycles. The number of nitrogens with zero attached hydrogens (tertiary/aromatic N) is 3. The molecule has 2 aliphatic heterocycles. The molecule has 0 radical (unpaired) electrons. The standard InChI is InChI=1S/C27H23BrN4O2/c1-34-20-12-6-17(7-13-20)15-29-32-26(18-8-10-19(28)11-9-18)31-16-24-22(14-25(31)27(32)33)21-4-2-3-5-23(21)30-24/h2-13,15,25-26,30H,14,16H2,1H3/b29-15+/t25-,26?/m1/s1. The maximum atomic E-state index is 13.7. The highest BCUT2D eigenvalue weighted by Crippen LogP contribution is 2.42. The first-order valence-corrected chi connectivity index (χ1v) is 12.0. The Labute approximate surface area is 206 Å². The number of carbonyl (C=O) groups is 1. The fraction of sp³-hybridized carbons (Fsp3) is 0.185. The van der Waals surface area contributed by atoms with Crippen molar-refractivity contribution < 1.29 is 9.53 Å². The zero-order valence-electron chi connectivity index (χ0n) is 18.6. The Morgan fingerprint density at radius 3 is 2.59 bits per heavy atom. The Hall–Kier alpha value is -3.42. The van der Waals surface area contributed by atoms with Crippen molar-refractivity contribution >= 4 is 39.0 Å². The number of benzene rings is 3. The SMILES string of the molecule is COc1ccc(/C=N/N2C(=O)[C@H]3Cc4c([nH]c5ccccc45)CN3C2c2ccc(Br)cc2)cc1. The van der Waals surface area contributed by atoms with Crippen molar-refractivity contribution in [1.82, 2.24) is 14.9 Å². The minimum atomic E-state index is -0.278. The molecule has 2 aliphatic rings. The molecule has 0 bridgehead atoms. The van der Waals surface area contributed by atoms with Crippen molar-refractivity contribution in [3.63, 3.8) is 0 Å². The molecule has 3 heterocycles. The summed E-state index contributed by atoms with van der Waals surface area (Å²) in [4.78, 5) is 19.5. The van der Waals surface area contributed by atoms with Crippen LogP contribution in [0.25, 0.3) is 10.9 Å². The number of para-hydroxylation sites is 1. The van der Waals surface area contributed by atoms with Crippen molar-refractivity contribution in [2.24, 2.45) is 5.10 Å².